The molecule has 3 heteroatoms. The maximum Gasteiger partial charge on any atom is 0.0298 e. The summed E-state index contributed by atoms with van der Waals surface area (Å²) in [7, 11) is 0. The molecule has 1 fully saturated rings. The van der Waals surface area contributed by atoms with Crippen LogP contribution in [0.2, 0.25) is 0 Å². The zero-order valence-corrected chi connectivity index (χ0v) is 6.21. The van der Waals surface area contributed by atoms with E-state index in [-0.39, 0.29) is 0 Å². The van der Waals surface area contributed by atoms with Gasteiger partial charge in [-0.2, -0.15) is 0 Å². The van der Waals surface area contributed by atoms with Crippen LogP contribution in [-0.4, -0.2) is 37.6 Å². The lowest BCUT2D eigenvalue weighted by atomic mass is 10.4. The number of piperazine rings is 1. The van der Waals surface area contributed by atoms with Crippen molar-refractivity contribution in [3.05, 3.63) is 12.3 Å². The summed E-state index contributed by atoms with van der Waals surface area (Å²) in [6.45, 7) is 5.04. The van der Waals surface area contributed by atoms with Gasteiger partial charge in [0.05, 0.1) is 0 Å². The van der Waals surface area contributed by atoms with Crippen LogP contribution >= 0.6 is 0 Å². The Bertz CT molecular complexity index is 105. The molecule has 1 heterocycles. The van der Waals surface area contributed by atoms with Crippen LogP contribution in [-0.2, 0) is 0 Å². The average molecular weight is 141 g/mol. The second-order valence-corrected chi connectivity index (χ2v) is 2.41. The molecule has 0 aromatic carbocycles. The van der Waals surface area contributed by atoms with Crippen molar-refractivity contribution in [2.24, 2.45) is 5.73 Å². The highest BCUT2D eigenvalue weighted by atomic mass is 15.2. The second kappa shape index (κ2) is 4.30. The van der Waals surface area contributed by atoms with E-state index in [1.54, 1.807) is 0 Å². The van der Waals surface area contributed by atoms with E-state index in [1.165, 1.54) is 0 Å². The number of nitrogens with two attached hydrogens (primary N) is 1. The average Bonchev–Trinajstić information content (AvgIpc) is 2.03. The first kappa shape index (κ1) is 7.57. The lowest BCUT2D eigenvalue weighted by Crippen LogP contribution is -2.40. The molecule has 0 bridgehead atoms. The van der Waals surface area contributed by atoms with Crippen LogP contribution in [0.3, 0.4) is 0 Å². The number of nitrogens with one attached hydrogen (secondary N) is 1. The molecule has 0 aliphatic carbocycles. The van der Waals surface area contributed by atoms with Crippen LogP contribution < -0.4 is 11.1 Å². The van der Waals surface area contributed by atoms with Gasteiger partial charge in [0, 0.05) is 32.7 Å². The minimum absolute atomic E-state index is 0.643. The van der Waals surface area contributed by atoms with Crippen molar-refractivity contribution in [3.8, 4) is 0 Å². The van der Waals surface area contributed by atoms with E-state index < -0.39 is 0 Å². The fraction of sp³-hybridized carbons (Fsp3) is 0.714. The van der Waals surface area contributed by atoms with Crippen LogP contribution in [0.15, 0.2) is 12.3 Å². The number of hydrogen-bond acceptors (Lipinski definition) is 3. The minimum Gasteiger partial charge on any atom is -0.375 e. The second-order valence-electron chi connectivity index (χ2n) is 2.41. The SMILES string of the molecule is NCC=CN1CCNCC1. The third kappa shape index (κ3) is 2.37. The van der Waals surface area contributed by atoms with E-state index in [2.05, 4.69) is 16.4 Å². The molecule has 0 aromatic rings. The Morgan fingerprint density at radius 1 is 1.40 bits per heavy atom. The summed E-state index contributed by atoms with van der Waals surface area (Å²) in [4.78, 5) is 2.28. The summed E-state index contributed by atoms with van der Waals surface area (Å²) >= 11 is 0. The molecular formula is C7H15N3. The predicted octanol–water partition coefficient (Wildman–Crippen LogP) is -0.636. The monoisotopic (exact) mass is 141 g/mol. The Kier molecular flexibility index (Phi) is 3.26. The molecule has 58 valence electrons. The lowest BCUT2D eigenvalue weighted by molar-refractivity contribution is 0.323. The lowest BCUT2D eigenvalue weighted by Gasteiger charge is -2.25. The van der Waals surface area contributed by atoms with E-state index in [0.29, 0.717) is 6.54 Å². The van der Waals surface area contributed by atoms with Crippen LogP contribution in [0.4, 0.5) is 0 Å². The molecule has 1 rings (SSSR count). The van der Waals surface area contributed by atoms with Gasteiger partial charge in [-0.15, -0.1) is 0 Å². The van der Waals surface area contributed by atoms with Gasteiger partial charge in [-0.05, 0) is 6.20 Å². The molecule has 0 unspecified atom stereocenters. The molecule has 0 amide bonds. The fourth-order valence-electron chi connectivity index (χ4n) is 1.04. The maximum atomic E-state index is 5.32. The number of nitrogens with zero attached hydrogens (tertiary/aromatic N) is 1. The molecule has 3 nitrogen and oxygen atoms in total. The van der Waals surface area contributed by atoms with E-state index >= 15 is 0 Å². The zero-order valence-electron chi connectivity index (χ0n) is 6.21. The van der Waals surface area contributed by atoms with Gasteiger partial charge < -0.3 is 16.0 Å². The predicted molar refractivity (Wildman–Crippen MR) is 42.6 cm³/mol. The maximum absolute atomic E-state index is 5.32. The Morgan fingerprint density at radius 3 is 2.70 bits per heavy atom. The van der Waals surface area contributed by atoms with Crippen molar-refractivity contribution in [1.82, 2.24) is 10.2 Å². The molecule has 1 aliphatic heterocycles. The third-order valence-electron chi connectivity index (χ3n) is 1.60. The summed E-state index contributed by atoms with van der Waals surface area (Å²) < 4.78 is 0. The van der Waals surface area contributed by atoms with Crippen molar-refractivity contribution in [3.63, 3.8) is 0 Å². The van der Waals surface area contributed by atoms with Gasteiger partial charge in [0.1, 0.15) is 0 Å². The largest absolute Gasteiger partial charge is 0.375 e. The molecule has 1 saturated heterocycles. The van der Waals surface area contributed by atoms with Crippen molar-refractivity contribution in [2.75, 3.05) is 32.7 Å². The highest BCUT2D eigenvalue weighted by molar-refractivity contribution is 4.85. The highest BCUT2D eigenvalue weighted by Gasteiger charge is 2.02. The first-order valence-corrected chi connectivity index (χ1v) is 3.75. The molecular weight excluding hydrogens is 126 g/mol. The zero-order chi connectivity index (χ0) is 7.23. The van der Waals surface area contributed by atoms with Crippen molar-refractivity contribution in [1.29, 1.82) is 0 Å². The van der Waals surface area contributed by atoms with Crippen LogP contribution in [0.25, 0.3) is 0 Å². The highest BCUT2D eigenvalue weighted by Crippen LogP contribution is 1.91. The Hall–Kier alpha value is -0.540. The Morgan fingerprint density at radius 2 is 2.10 bits per heavy atom. The van der Waals surface area contributed by atoms with Gasteiger partial charge in [-0.25, -0.2) is 0 Å². The number of hydrogen-bond donors (Lipinski definition) is 2. The normalized spacial score (nSPS) is 20.3. The van der Waals surface area contributed by atoms with Crippen molar-refractivity contribution < 1.29 is 0 Å². The topological polar surface area (TPSA) is 41.3 Å². The molecule has 10 heavy (non-hydrogen) atoms. The summed E-state index contributed by atoms with van der Waals surface area (Å²) in [5.74, 6) is 0. The minimum atomic E-state index is 0.643. The molecule has 1 aliphatic rings. The Balaban J connectivity index is 2.19. The van der Waals surface area contributed by atoms with Crippen LogP contribution in [0.1, 0.15) is 0 Å². The van der Waals surface area contributed by atoms with Gasteiger partial charge in [0.15, 0.2) is 0 Å². The third-order valence-corrected chi connectivity index (χ3v) is 1.60. The summed E-state index contributed by atoms with van der Waals surface area (Å²) in [6, 6.07) is 0. The van der Waals surface area contributed by atoms with E-state index in [9.17, 15) is 0 Å². The molecule has 0 atom stereocenters. The van der Waals surface area contributed by atoms with Gasteiger partial charge in [-0.3, -0.25) is 0 Å². The molecule has 0 radical (unpaired) electrons. The smallest absolute Gasteiger partial charge is 0.0298 e. The molecule has 0 aromatic heterocycles. The fourth-order valence-corrected chi connectivity index (χ4v) is 1.04. The van der Waals surface area contributed by atoms with Gasteiger partial charge >= 0.3 is 0 Å². The van der Waals surface area contributed by atoms with Gasteiger partial charge in [0.25, 0.3) is 0 Å². The Labute approximate surface area is 61.9 Å². The van der Waals surface area contributed by atoms with E-state index in [4.69, 9.17) is 5.73 Å². The van der Waals surface area contributed by atoms with Gasteiger partial charge in [0.2, 0.25) is 0 Å². The van der Waals surface area contributed by atoms with Crippen LogP contribution in [0, 0.1) is 0 Å². The van der Waals surface area contributed by atoms with Crippen LogP contribution in [0.5, 0.6) is 0 Å². The van der Waals surface area contributed by atoms with Crippen molar-refractivity contribution >= 4 is 0 Å². The first-order chi connectivity index (χ1) is 4.93. The van der Waals surface area contributed by atoms with Gasteiger partial charge in [-0.1, -0.05) is 6.08 Å². The quantitative estimate of drug-likeness (QED) is 0.537. The standard InChI is InChI=1S/C7H15N3/c8-2-1-5-10-6-3-9-4-7-10/h1,5,9H,2-4,6-8H2. The molecule has 0 saturated carbocycles. The van der Waals surface area contributed by atoms with E-state index in [0.717, 1.165) is 26.2 Å². The van der Waals surface area contributed by atoms with Crippen molar-refractivity contribution in [2.45, 2.75) is 0 Å². The molecule has 0 spiro atoms. The summed E-state index contributed by atoms with van der Waals surface area (Å²) in [6.07, 6.45) is 4.08. The summed E-state index contributed by atoms with van der Waals surface area (Å²) in [5, 5.41) is 3.28. The first-order valence-electron chi connectivity index (χ1n) is 3.75. The molecule has 3 N–H and O–H groups in total. The number of rotatable bonds is 2. The summed E-state index contributed by atoms with van der Waals surface area (Å²) in [5.41, 5.74) is 5.32. The van der Waals surface area contributed by atoms with E-state index in [1.807, 2.05) is 6.08 Å².